The van der Waals surface area contributed by atoms with Gasteiger partial charge in [-0.25, -0.2) is 0 Å². The molecule has 1 aromatic heterocycles. The van der Waals surface area contributed by atoms with Crippen molar-refractivity contribution >= 4 is 22.7 Å². The molecule has 0 amide bonds. The van der Waals surface area contributed by atoms with Gasteiger partial charge in [0, 0.05) is 22.5 Å². The van der Waals surface area contributed by atoms with Gasteiger partial charge >= 0.3 is 0 Å². The van der Waals surface area contributed by atoms with Crippen LogP contribution in [0, 0.1) is 6.07 Å². The van der Waals surface area contributed by atoms with Crippen LogP contribution in [-0.4, -0.2) is 11.2 Å². The number of fused-ring (bicyclic) bond motifs is 1. The first-order valence-electron chi connectivity index (χ1n) is 3.71. The van der Waals surface area contributed by atoms with Gasteiger partial charge in [-0.1, -0.05) is 18.2 Å². The minimum atomic E-state index is 1.04. The van der Waals surface area contributed by atoms with E-state index in [0.717, 1.165) is 5.52 Å². The average Bonchev–Trinajstić information content (AvgIpc) is 2.17. The highest BCUT2D eigenvalue weighted by molar-refractivity contribution is 7.98. The Balaban J connectivity index is 2.79. The summed E-state index contributed by atoms with van der Waals surface area (Å²) in [6.45, 7) is 0. The molecule has 0 aliphatic heterocycles. The second-order valence-corrected chi connectivity index (χ2v) is 3.27. The van der Waals surface area contributed by atoms with E-state index < -0.39 is 0 Å². The van der Waals surface area contributed by atoms with Gasteiger partial charge in [0.15, 0.2) is 0 Å². The van der Waals surface area contributed by atoms with Gasteiger partial charge in [-0.15, -0.1) is 11.8 Å². The van der Waals surface area contributed by atoms with Crippen LogP contribution in [0.5, 0.6) is 0 Å². The Kier molecular flexibility index (Phi) is 2.00. The first kappa shape index (κ1) is 7.62. The standard InChI is InChI=1S/C10H8NS/c1-12-10-6-7-11-9-5-3-2-4-8(9)10/h2-5,7H,1H3. The van der Waals surface area contributed by atoms with E-state index in [4.69, 9.17) is 0 Å². The van der Waals surface area contributed by atoms with Crippen molar-refractivity contribution in [1.82, 2.24) is 4.98 Å². The lowest BCUT2D eigenvalue weighted by Crippen LogP contribution is -1.79. The maximum Gasteiger partial charge on any atom is 0.0713 e. The van der Waals surface area contributed by atoms with E-state index in [9.17, 15) is 0 Å². The summed E-state index contributed by atoms with van der Waals surface area (Å²) < 4.78 is 0. The largest absolute Gasteiger partial charge is 0.256 e. The molecular weight excluding hydrogens is 166 g/mol. The van der Waals surface area contributed by atoms with Crippen LogP contribution in [0.25, 0.3) is 10.9 Å². The number of thioether (sulfide) groups is 1. The summed E-state index contributed by atoms with van der Waals surface area (Å²) >= 11 is 1.70. The predicted molar refractivity (Wildman–Crippen MR) is 52.4 cm³/mol. The molecule has 2 rings (SSSR count). The third-order valence-corrected chi connectivity index (χ3v) is 2.50. The normalized spacial score (nSPS) is 10.4. The minimum Gasteiger partial charge on any atom is -0.256 e. The summed E-state index contributed by atoms with van der Waals surface area (Å²) in [5.74, 6) is 0. The van der Waals surface area contributed by atoms with E-state index in [1.807, 2.05) is 18.2 Å². The smallest absolute Gasteiger partial charge is 0.0713 e. The summed E-state index contributed by atoms with van der Waals surface area (Å²) in [7, 11) is 0. The van der Waals surface area contributed by atoms with Crippen molar-refractivity contribution in [1.29, 1.82) is 0 Å². The van der Waals surface area contributed by atoms with Gasteiger partial charge in [-0.3, -0.25) is 4.98 Å². The number of hydrogen-bond donors (Lipinski definition) is 0. The topological polar surface area (TPSA) is 12.9 Å². The second-order valence-electron chi connectivity index (χ2n) is 2.45. The Morgan fingerprint density at radius 1 is 1.33 bits per heavy atom. The zero-order valence-electron chi connectivity index (χ0n) is 6.74. The monoisotopic (exact) mass is 174 g/mol. The second kappa shape index (κ2) is 3.15. The van der Waals surface area contributed by atoms with Gasteiger partial charge in [-0.05, 0) is 12.3 Å². The third-order valence-electron chi connectivity index (χ3n) is 1.75. The maximum absolute atomic E-state index is 4.22. The highest BCUT2D eigenvalue weighted by atomic mass is 32.2. The number of rotatable bonds is 1. The Labute approximate surface area is 75.8 Å². The minimum absolute atomic E-state index is 1.04. The van der Waals surface area contributed by atoms with E-state index in [-0.39, 0.29) is 0 Å². The molecule has 0 fully saturated rings. The first-order chi connectivity index (χ1) is 5.92. The maximum atomic E-state index is 4.22. The van der Waals surface area contributed by atoms with Crippen LogP contribution in [0.4, 0.5) is 0 Å². The molecule has 0 N–H and O–H groups in total. The molecule has 0 spiro atoms. The van der Waals surface area contributed by atoms with E-state index in [2.05, 4.69) is 23.4 Å². The van der Waals surface area contributed by atoms with Gasteiger partial charge in [0.1, 0.15) is 0 Å². The van der Waals surface area contributed by atoms with Crippen molar-refractivity contribution in [3.8, 4) is 0 Å². The molecule has 1 heterocycles. The lowest BCUT2D eigenvalue weighted by molar-refractivity contribution is 1.34. The number of aromatic nitrogens is 1. The molecule has 0 bridgehead atoms. The molecule has 59 valence electrons. The summed E-state index contributed by atoms with van der Waals surface area (Å²) in [5.41, 5.74) is 1.04. The van der Waals surface area contributed by atoms with Gasteiger partial charge in [-0.2, -0.15) is 0 Å². The average molecular weight is 174 g/mol. The van der Waals surface area contributed by atoms with E-state index in [1.54, 1.807) is 18.0 Å². The molecule has 0 saturated heterocycles. The molecule has 2 heteroatoms. The lowest BCUT2D eigenvalue weighted by Gasteiger charge is -2.00. The highest BCUT2D eigenvalue weighted by Crippen LogP contribution is 2.23. The van der Waals surface area contributed by atoms with Crippen LogP contribution in [-0.2, 0) is 0 Å². The molecular formula is C10H8NS. The van der Waals surface area contributed by atoms with Crippen LogP contribution >= 0.6 is 11.8 Å². The molecule has 12 heavy (non-hydrogen) atoms. The van der Waals surface area contributed by atoms with Gasteiger partial charge in [0.2, 0.25) is 0 Å². The van der Waals surface area contributed by atoms with Crippen molar-refractivity contribution in [3.05, 3.63) is 36.5 Å². The summed E-state index contributed by atoms with van der Waals surface area (Å²) in [5, 5.41) is 1.19. The fourth-order valence-corrected chi connectivity index (χ4v) is 1.75. The Morgan fingerprint density at radius 2 is 2.17 bits per heavy atom. The van der Waals surface area contributed by atoms with E-state index in [0.29, 0.717) is 0 Å². The number of hydrogen-bond acceptors (Lipinski definition) is 2. The number of benzene rings is 1. The van der Waals surface area contributed by atoms with Crippen LogP contribution < -0.4 is 0 Å². The van der Waals surface area contributed by atoms with Crippen LogP contribution in [0.2, 0.25) is 0 Å². The molecule has 0 saturated carbocycles. The third kappa shape index (κ3) is 1.18. The van der Waals surface area contributed by atoms with Gasteiger partial charge in [0.25, 0.3) is 0 Å². The van der Waals surface area contributed by atoms with Crippen molar-refractivity contribution in [2.45, 2.75) is 4.90 Å². The lowest BCUT2D eigenvalue weighted by atomic mass is 10.2. The summed E-state index contributed by atoms with van der Waals surface area (Å²) in [4.78, 5) is 5.39. The summed E-state index contributed by atoms with van der Waals surface area (Å²) in [6, 6.07) is 11.2. The SMILES string of the molecule is CSc1[c]cnc2ccccc12. The fraction of sp³-hybridized carbons (Fsp3) is 0.100. The Hall–Kier alpha value is -1.02. The molecule has 1 nitrogen and oxygen atoms in total. The number of para-hydroxylation sites is 1. The number of pyridine rings is 1. The quantitative estimate of drug-likeness (QED) is 0.616. The fourth-order valence-electron chi connectivity index (χ4n) is 1.19. The molecule has 1 aromatic carbocycles. The van der Waals surface area contributed by atoms with Crippen LogP contribution in [0.1, 0.15) is 0 Å². The highest BCUT2D eigenvalue weighted by Gasteiger charge is 1.98. The molecule has 0 aliphatic carbocycles. The predicted octanol–water partition coefficient (Wildman–Crippen LogP) is 2.76. The summed E-state index contributed by atoms with van der Waals surface area (Å²) in [6.07, 6.45) is 3.78. The zero-order valence-corrected chi connectivity index (χ0v) is 7.56. The molecule has 0 unspecified atom stereocenters. The van der Waals surface area contributed by atoms with Crippen LogP contribution in [0.15, 0.2) is 35.4 Å². The Morgan fingerprint density at radius 3 is 3.00 bits per heavy atom. The van der Waals surface area contributed by atoms with Gasteiger partial charge < -0.3 is 0 Å². The van der Waals surface area contributed by atoms with Crippen molar-refractivity contribution < 1.29 is 0 Å². The van der Waals surface area contributed by atoms with Gasteiger partial charge in [0.05, 0.1) is 5.52 Å². The first-order valence-corrected chi connectivity index (χ1v) is 4.93. The number of nitrogens with zero attached hydrogens (tertiary/aromatic N) is 1. The zero-order chi connectivity index (χ0) is 8.39. The molecule has 2 aromatic rings. The van der Waals surface area contributed by atoms with Crippen molar-refractivity contribution in [2.24, 2.45) is 0 Å². The van der Waals surface area contributed by atoms with Crippen LogP contribution in [0.3, 0.4) is 0 Å². The molecule has 1 radical (unpaired) electrons. The molecule has 0 aliphatic rings. The van der Waals surface area contributed by atoms with Crippen molar-refractivity contribution in [3.63, 3.8) is 0 Å². The van der Waals surface area contributed by atoms with E-state index >= 15 is 0 Å². The molecule has 0 atom stereocenters. The van der Waals surface area contributed by atoms with E-state index in [1.165, 1.54) is 10.3 Å². The van der Waals surface area contributed by atoms with Crippen molar-refractivity contribution in [2.75, 3.05) is 6.26 Å². The Bertz CT molecular complexity index is 392.